The molecule has 2 aromatic rings. The summed E-state index contributed by atoms with van der Waals surface area (Å²) in [6.45, 7) is 0.575. The number of halogens is 1. The number of nitrogens with one attached hydrogen (secondary N) is 2. The second kappa shape index (κ2) is 10.6. The molecule has 12 heteroatoms. The molecular formula is C21H26FN3O6S2. The molecule has 2 aromatic carbocycles. The van der Waals surface area contributed by atoms with Crippen LogP contribution in [0.15, 0.2) is 52.3 Å². The Morgan fingerprint density at radius 2 is 1.73 bits per heavy atom. The predicted molar refractivity (Wildman–Crippen MR) is 120 cm³/mol. The van der Waals surface area contributed by atoms with Crippen molar-refractivity contribution in [2.24, 2.45) is 0 Å². The van der Waals surface area contributed by atoms with Crippen LogP contribution in [0.2, 0.25) is 0 Å². The summed E-state index contributed by atoms with van der Waals surface area (Å²) in [5.41, 5.74) is 0.230. The van der Waals surface area contributed by atoms with Crippen LogP contribution in [0.4, 0.5) is 10.1 Å². The molecule has 3 rings (SSSR count). The minimum Gasteiger partial charge on any atom is -0.495 e. The Morgan fingerprint density at radius 3 is 2.39 bits per heavy atom. The number of carbonyl (C=O) groups excluding carboxylic acids is 1. The van der Waals surface area contributed by atoms with Crippen LogP contribution >= 0.6 is 0 Å². The van der Waals surface area contributed by atoms with Crippen molar-refractivity contribution in [1.29, 1.82) is 0 Å². The first-order valence-corrected chi connectivity index (χ1v) is 13.3. The standard InChI is InChI=1S/C21H26FN3O6S2/c1-31-18-10-9-16(15-20(18)33(29,30)25-13-5-2-6-14-25)24-21(26)11-12-23-32(27,28)19-8-4-3-7-17(19)22/h3-4,7-10,15,23H,2,5-6,11-14H2,1H3,(H,24,26). The van der Waals surface area contributed by atoms with Gasteiger partial charge in [0.25, 0.3) is 0 Å². The molecule has 0 aromatic heterocycles. The Bertz CT molecular complexity index is 1210. The van der Waals surface area contributed by atoms with E-state index in [0.29, 0.717) is 13.1 Å². The number of carbonyl (C=O) groups is 1. The first-order chi connectivity index (χ1) is 15.6. The average Bonchev–Trinajstić information content (AvgIpc) is 2.79. The van der Waals surface area contributed by atoms with E-state index < -0.39 is 36.7 Å². The van der Waals surface area contributed by atoms with Crippen molar-refractivity contribution in [3.05, 3.63) is 48.3 Å². The third-order valence-electron chi connectivity index (χ3n) is 5.15. The van der Waals surface area contributed by atoms with E-state index >= 15 is 0 Å². The van der Waals surface area contributed by atoms with Crippen molar-refractivity contribution in [2.75, 3.05) is 32.1 Å². The maximum absolute atomic E-state index is 13.7. The van der Waals surface area contributed by atoms with Gasteiger partial charge in [0.1, 0.15) is 21.4 Å². The van der Waals surface area contributed by atoms with E-state index in [0.717, 1.165) is 31.4 Å². The molecule has 180 valence electrons. The van der Waals surface area contributed by atoms with Crippen molar-refractivity contribution in [3.63, 3.8) is 0 Å². The van der Waals surface area contributed by atoms with Crippen LogP contribution in [0.5, 0.6) is 5.75 Å². The van der Waals surface area contributed by atoms with Gasteiger partial charge in [-0.25, -0.2) is 25.9 Å². The average molecular weight is 500 g/mol. The normalized spacial score (nSPS) is 15.2. The molecule has 0 bridgehead atoms. The number of methoxy groups -OCH3 is 1. The molecule has 33 heavy (non-hydrogen) atoms. The first kappa shape index (κ1) is 25.1. The van der Waals surface area contributed by atoms with Crippen molar-refractivity contribution in [2.45, 2.75) is 35.5 Å². The fourth-order valence-electron chi connectivity index (χ4n) is 3.46. The quantitative estimate of drug-likeness (QED) is 0.546. The van der Waals surface area contributed by atoms with E-state index in [1.54, 1.807) is 0 Å². The Labute approximate surface area is 193 Å². The summed E-state index contributed by atoms with van der Waals surface area (Å²) < 4.78 is 73.1. The van der Waals surface area contributed by atoms with Gasteiger partial charge in [0.2, 0.25) is 26.0 Å². The van der Waals surface area contributed by atoms with E-state index in [1.807, 2.05) is 0 Å². The van der Waals surface area contributed by atoms with Crippen molar-refractivity contribution in [3.8, 4) is 5.75 Å². The predicted octanol–water partition coefficient (Wildman–Crippen LogP) is 2.32. The molecule has 1 fully saturated rings. The number of hydrogen-bond acceptors (Lipinski definition) is 6. The summed E-state index contributed by atoms with van der Waals surface area (Å²) in [4.78, 5) is 11.8. The van der Waals surface area contributed by atoms with Crippen molar-refractivity contribution >= 4 is 31.6 Å². The lowest BCUT2D eigenvalue weighted by Gasteiger charge is -2.26. The molecule has 1 amide bonds. The summed E-state index contributed by atoms with van der Waals surface area (Å²) in [6.07, 6.45) is 2.29. The topological polar surface area (TPSA) is 122 Å². The van der Waals surface area contributed by atoms with Gasteiger partial charge in [-0.15, -0.1) is 0 Å². The fraction of sp³-hybridized carbons (Fsp3) is 0.381. The number of amides is 1. The van der Waals surface area contributed by atoms with Gasteiger partial charge in [-0.05, 0) is 43.2 Å². The Morgan fingerprint density at radius 1 is 1.03 bits per heavy atom. The summed E-state index contributed by atoms with van der Waals surface area (Å²) in [5, 5.41) is 2.56. The highest BCUT2D eigenvalue weighted by Crippen LogP contribution is 2.31. The third kappa shape index (κ3) is 6.08. The van der Waals surface area contributed by atoms with Gasteiger partial charge in [-0.2, -0.15) is 4.31 Å². The van der Waals surface area contributed by atoms with Crippen LogP contribution in [0.1, 0.15) is 25.7 Å². The summed E-state index contributed by atoms with van der Waals surface area (Å²) in [6, 6.07) is 9.19. The zero-order chi connectivity index (χ0) is 24.1. The smallest absolute Gasteiger partial charge is 0.246 e. The molecule has 9 nitrogen and oxygen atoms in total. The van der Waals surface area contributed by atoms with Gasteiger partial charge >= 0.3 is 0 Å². The first-order valence-electron chi connectivity index (χ1n) is 10.4. The molecule has 1 saturated heterocycles. The van der Waals surface area contributed by atoms with Crippen LogP contribution in [-0.2, 0) is 24.8 Å². The third-order valence-corrected chi connectivity index (χ3v) is 8.56. The minimum atomic E-state index is -4.11. The van der Waals surface area contributed by atoms with E-state index in [2.05, 4.69) is 10.0 Å². The highest BCUT2D eigenvalue weighted by atomic mass is 32.2. The second-order valence-corrected chi connectivity index (χ2v) is 11.1. The highest BCUT2D eigenvalue weighted by Gasteiger charge is 2.29. The highest BCUT2D eigenvalue weighted by molar-refractivity contribution is 7.89. The maximum Gasteiger partial charge on any atom is 0.246 e. The molecule has 0 saturated carbocycles. The molecule has 0 unspecified atom stereocenters. The Balaban J connectivity index is 1.66. The number of sulfonamides is 2. The number of nitrogens with zero attached hydrogens (tertiary/aromatic N) is 1. The van der Waals surface area contributed by atoms with Gasteiger partial charge in [0.05, 0.1) is 7.11 Å². The van der Waals surface area contributed by atoms with Crippen LogP contribution in [0.3, 0.4) is 0 Å². The molecule has 1 heterocycles. The number of ether oxygens (including phenoxy) is 1. The van der Waals surface area contributed by atoms with Gasteiger partial charge in [0.15, 0.2) is 0 Å². The molecule has 0 spiro atoms. The second-order valence-electron chi connectivity index (χ2n) is 7.46. The molecule has 0 atom stereocenters. The molecular weight excluding hydrogens is 473 g/mol. The largest absolute Gasteiger partial charge is 0.495 e. The fourth-order valence-corrected chi connectivity index (χ4v) is 6.27. The zero-order valence-electron chi connectivity index (χ0n) is 18.1. The lowest BCUT2D eigenvalue weighted by molar-refractivity contribution is -0.116. The van der Waals surface area contributed by atoms with Crippen LogP contribution < -0.4 is 14.8 Å². The number of anilines is 1. The Kier molecular flexibility index (Phi) is 8.05. The molecule has 1 aliphatic heterocycles. The summed E-state index contributed by atoms with van der Waals surface area (Å²) in [7, 11) is -6.55. The van der Waals surface area contributed by atoms with Gasteiger partial charge < -0.3 is 10.1 Å². The number of benzene rings is 2. The van der Waals surface area contributed by atoms with Gasteiger partial charge in [-0.3, -0.25) is 4.79 Å². The maximum atomic E-state index is 13.7. The number of hydrogen-bond donors (Lipinski definition) is 2. The van der Waals surface area contributed by atoms with E-state index in [-0.39, 0.29) is 29.3 Å². The SMILES string of the molecule is COc1ccc(NC(=O)CCNS(=O)(=O)c2ccccc2F)cc1S(=O)(=O)N1CCCCC1. The lowest BCUT2D eigenvalue weighted by Crippen LogP contribution is -2.35. The van der Waals surface area contributed by atoms with Gasteiger partial charge in [-0.1, -0.05) is 18.6 Å². The van der Waals surface area contributed by atoms with Gasteiger partial charge in [0, 0.05) is 31.7 Å². The van der Waals surface area contributed by atoms with E-state index in [9.17, 15) is 26.0 Å². The summed E-state index contributed by atoms with van der Waals surface area (Å²) >= 11 is 0. The zero-order valence-corrected chi connectivity index (χ0v) is 19.7. The number of piperidine rings is 1. The number of rotatable bonds is 9. The van der Waals surface area contributed by atoms with E-state index in [4.69, 9.17) is 4.74 Å². The molecule has 0 aliphatic carbocycles. The molecule has 1 aliphatic rings. The van der Waals surface area contributed by atoms with Crippen LogP contribution in [-0.4, -0.2) is 53.8 Å². The summed E-state index contributed by atoms with van der Waals surface area (Å²) in [5.74, 6) is -1.27. The van der Waals surface area contributed by atoms with Crippen molar-refractivity contribution < 1.29 is 30.8 Å². The van der Waals surface area contributed by atoms with Crippen LogP contribution in [0.25, 0.3) is 0 Å². The molecule has 0 radical (unpaired) electrons. The monoisotopic (exact) mass is 499 g/mol. The Hall–Kier alpha value is -2.54. The molecule has 2 N–H and O–H groups in total. The van der Waals surface area contributed by atoms with Crippen LogP contribution in [0, 0.1) is 5.82 Å². The minimum absolute atomic E-state index is 0.0510. The lowest BCUT2D eigenvalue weighted by atomic mass is 10.2. The van der Waals surface area contributed by atoms with E-state index in [1.165, 1.54) is 41.7 Å². The van der Waals surface area contributed by atoms with Crippen molar-refractivity contribution in [1.82, 2.24) is 9.03 Å².